The topological polar surface area (TPSA) is 15.3 Å². The highest BCUT2D eigenvalue weighted by Gasteiger charge is 2.17. The van der Waals surface area contributed by atoms with E-state index < -0.39 is 6.17 Å². The molecule has 0 aliphatic heterocycles. The molecule has 0 spiro atoms. The molecular formula is C31H40F2N2. The number of allylic oxidation sites excluding steroid dienone is 2. The van der Waals surface area contributed by atoms with Gasteiger partial charge < -0.3 is 10.2 Å². The molecule has 0 bridgehead atoms. The van der Waals surface area contributed by atoms with Crippen LogP contribution >= 0.6 is 0 Å². The van der Waals surface area contributed by atoms with Crippen LogP contribution < -0.4 is 10.2 Å². The predicted molar refractivity (Wildman–Crippen MR) is 149 cm³/mol. The van der Waals surface area contributed by atoms with Gasteiger partial charge in [-0.05, 0) is 55.0 Å². The summed E-state index contributed by atoms with van der Waals surface area (Å²) in [4.78, 5) is 2.10. The largest absolute Gasteiger partial charge is 0.388 e. The summed E-state index contributed by atoms with van der Waals surface area (Å²) in [6, 6.07) is 26.3. The first-order valence-electron chi connectivity index (χ1n) is 12.4. The third kappa shape index (κ3) is 9.05. The molecule has 0 radical (unpaired) electrons. The molecule has 0 aliphatic rings. The standard InChI is InChI=1S/C27H28F2N2.2C2H6/c1-20(21(2)28)18-26(19-27(30-3)22-14-16-23(29)17-15-22)31(24-10-6-4-7-11-24)25-12-8-5-9-13-25;2*1-2/h4-21,30H,1-3H3;2*1-2H3/b26-18+,27-19-;;. The summed E-state index contributed by atoms with van der Waals surface area (Å²) in [6.07, 6.45) is 2.91. The summed E-state index contributed by atoms with van der Waals surface area (Å²) in [7, 11) is 1.82. The Morgan fingerprint density at radius 2 is 1.23 bits per heavy atom. The Morgan fingerprint density at radius 3 is 1.63 bits per heavy atom. The van der Waals surface area contributed by atoms with E-state index in [2.05, 4.69) is 10.2 Å². The Bertz CT molecular complexity index is 971. The monoisotopic (exact) mass is 478 g/mol. The zero-order chi connectivity index (χ0) is 26.2. The number of nitrogens with one attached hydrogen (secondary N) is 1. The Balaban J connectivity index is 0.00000145. The number of anilines is 2. The van der Waals surface area contributed by atoms with Crippen molar-refractivity contribution in [3.05, 3.63) is 114 Å². The van der Waals surface area contributed by atoms with Gasteiger partial charge in [0.1, 0.15) is 12.0 Å². The molecule has 35 heavy (non-hydrogen) atoms. The number of rotatable bonds is 8. The van der Waals surface area contributed by atoms with Crippen molar-refractivity contribution in [2.75, 3.05) is 11.9 Å². The van der Waals surface area contributed by atoms with E-state index in [0.29, 0.717) is 0 Å². The van der Waals surface area contributed by atoms with Crippen molar-refractivity contribution in [1.29, 1.82) is 0 Å². The number of nitrogens with zero attached hydrogens (tertiary/aromatic N) is 1. The summed E-state index contributed by atoms with van der Waals surface area (Å²) < 4.78 is 27.6. The second-order valence-electron chi connectivity index (χ2n) is 7.45. The van der Waals surface area contributed by atoms with Crippen molar-refractivity contribution in [2.24, 2.45) is 5.92 Å². The van der Waals surface area contributed by atoms with Crippen LogP contribution in [0, 0.1) is 11.7 Å². The highest BCUT2D eigenvalue weighted by Crippen LogP contribution is 2.32. The fourth-order valence-electron chi connectivity index (χ4n) is 3.27. The maximum atomic E-state index is 14.2. The van der Waals surface area contributed by atoms with Crippen LogP contribution in [-0.4, -0.2) is 13.2 Å². The highest BCUT2D eigenvalue weighted by atomic mass is 19.1. The lowest BCUT2D eigenvalue weighted by molar-refractivity contribution is 0.300. The Hall–Kier alpha value is -3.40. The molecule has 0 amide bonds. The van der Waals surface area contributed by atoms with E-state index in [4.69, 9.17) is 0 Å². The Morgan fingerprint density at radius 1 is 0.771 bits per heavy atom. The van der Waals surface area contributed by atoms with Gasteiger partial charge in [-0.1, -0.05) is 89.2 Å². The van der Waals surface area contributed by atoms with E-state index in [1.165, 1.54) is 12.1 Å². The van der Waals surface area contributed by atoms with Gasteiger partial charge in [0.05, 0.1) is 0 Å². The van der Waals surface area contributed by atoms with Gasteiger partial charge in [0, 0.05) is 35.7 Å². The van der Waals surface area contributed by atoms with E-state index in [9.17, 15) is 8.78 Å². The van der Waals surface area contributed by atoms with Gasteiger partial charge in [-0.3, -0.25) is 0 Å². The lowest BCUT2D eigenvalue weighted by Gasteiger charge is -2.28. The van der Waals surface area contributed by atoms with Crippen LogP contribution in [0.4, 0.5) is 20.2 Å². The minimum Gasteiger partial charge on any atom is -0.388 e. The van der Waals surface area contributed by atoms with Crippen molar-refractivity contribution in [3.63, 3.8) is 0 Å². The summed E-state index contributed by atoms with van der Waals surface area (Å²) in [5.41, 5.74) is 4.40. The summed E-state index contributed by atoms with van der Waals surface area (Å²) in [5, 5.41) is 3.21. The molecule has 4 heteroatoms. The molecule has 3 rings (SSSR count). The fraction of sp³-hybridized carbons (Fsp3) is 0.290. The van der Waals surface area contributed by atoms with E-state index in [0.717, 1.165) is 28.3 Å². The van der Waals surface area contributed by atoms with E-state index in [1.54, 1.807) is 19.1 Å². The number of benzene rings is 3. The minimum atomic E-state index is -0.999. The molecular weight excluding hydrogens is 438 g/mol. The van der Waals surface area contributed by atoms with E-state index in [1.807, 2.05) is 114 Å². The number of hydrogen-bond donors (Lipinski definition) is 1. The third-order valence-electron chi connectivity index (χ3n) is 5.16. The maximum Gasteiger partial charge on any atom is 0.123 e. The quantitative estimate of drug-likeness (QED) is 0.325. The van der Waals surface area contributed by atoms with Crippen molar-refractivity contribution in [3.8, 4) is 0 Å². The molecule has 0 saturated heterocycles. The summed E-state index contributed by atoms with van der Waals surface area (Å²) in [6.45, 7) is 11.4. The first-order valence-corrected chi connectivity index (χ1v) is 12.4. The van der Waals surface area contributed by atoms with Gasteiger partial charge in [0.25, 0.3) is 0 Å². The van der Waals surface area contributed by atoms with Gasteiger partial charge >= 0.3 is 0 Å². The van der Waals surface area contributed by atoms with Crippen LogP contribution in [0.5, 0.6) is 0 Å². The first-order chi connectivity index (χ1) is 17.0. The van der Waals surface area contributed by atoms with Gasteiger partial charge in [-0.15, -0.1) is 0 Å². The second-order valence-corrected chi connectivity index (χ2v) is 7.45. The second kappa shape index (κ2) is 16.3. The molecule has 1 N–H and O–H groups in total. The molecule has 0 saturated carbocycles. The molecule has 2 unspecified atom stereocenters. The molecule has 0 aliphatic carbocycles. The van der Waals surface area contributed by atoms with E-state index >= 15 is 0 Å². The molecule has 0 fully saturated rings. The van der Waals surface area contributed by atoms with Crippen LogP contribution in [0.1, 0.15) is 47.1 Å². The van der Waals surface area contributed by atoms with Gasteiger partial charge in [0.15, 0.2) is 0 Å². The molecule has 3 aromatic carbocycles. The SMILES string of the molecule is CC.CC.CN/C(=C\C(=C/C(C)C(C)F)N(c1ccccc1)c1ccccc1)c1ccc(F)cc1. The van der Waals surface area contributed by atoms with Crippen molar-refractivity contribution in [1.82, 2.24) is 5.32 Å². The van der Waals surface area contributed by atoms with Crippen LogP contribution in [0.15, 0.2) is 103 Å². The number of alkyl halides is 1. The highest BCUT2D eigenvalue weighted by molar-refractivity contribution is 5.75. The Labute approximate surface area is 211 Å². The van der Waals surface area contributed by atoms with Crippen LogP contribution in [0.2, 0.25) is 0 Å². The molecule has 0 heterocycles. The van der Waals surface area contributed by atoms with Crippen molar-refractivity contribution >= 4 is 17.1 Å². The van der Waals surface area contributed by atoms with Crippen LogP contribution in [-0.2, 0) is 0 Å². The first kappa shape index (κ1) is 29.6. The number of hydrogen-bond acceptors (Lipinski definition) is 2. The third-order valence-corrected chi connectivity index (χ3v) is 5.16. The van der Waals surface area contributed by atoms with E-state index in [-0.39, 0.29) is 11.7 Å². The lowest BCUT2D eigenvalue weighted by Crippen LogP contribution is -2.19. The normalized spacial score (nSPS) is 12.8. The minimum absolute atomic E-state index is 0.287. The summed E-state index contributed by atoms with van der Waals surface area (Å²) in [5.74, 6) is -0.586. The van der Waals surface area contributed by atoms with Crippen molar-refractivity contribution < 1.29 is 8.78 Å². The average Bonchev–Trinajstić information content (AvgIpc) is 2.91. The zero-order valence-corrected chi connectivity index (χ0v) is 22.1. The molecule has 2 atom stereocenters. The smallest absolute Gasteiger partial charge is 0.123 e. The number of halogens is 2. The van der Waals surface area contributed by atoms with Gasteiger partial charge in [-0.2, -0.15) is 0 Å². The molecule has 188 valence electrons. The van der Waals surface area contributed by atoms with Gasteiger partial charge in [-0.25, -0.2) is 8.78 Å². The predicted octanol–water partition coefficient (Wildman–Crippen LogP) is 9.15. The molecule has 3 aromatic rings. The summed E-state index contributed by atoms with van der Waals surface area (Å²) >= 11 is 0. The van der Waals surface area contributed by atoms with Gasteiger partial charge in [0.2, 0.25) is 0 Å². The van der Waals surface area contributed by atoms with Crippen LogP contribution in [0.3, 0.4) is 0 Å². The lowest BCUT2D eigenvalue weighted by atomic mass is 10.0. The molecule has 0 aromatic heterocycles. The maximum absolute atomic E-state index is 14.2. The Kier molecular flexibility index (Phi) is 13.8. The van der Waals surface area contributed by atoms with Crippen LogP contribution in [0.25, 0.3) is 5.70 Å². The van der Waals surface area contributed by atoms with Crippen molar-refractivity contribution in [2.45, 2.75) is 47.7 Å². The molecule has 2 nitrogen and oxygen atoms in total. The number of para-hydroxylation sites is 2. The fourth-order valence-corrected chi connectivity index (χ4v) is 3.27. The zero-order valence-electron chi connectivity index (χ0n) is 22.1. The average molecular weight is 479 g/mol.